The van der Waals surface area contributed by atoms with Gasteiger partial charge in [-0.15, -0.1) is 0 Å². The standard InChI is InChI=1S/C24H27Cl2N3O2/c1-31-23-14-18(25)16(13-19(23)26)15-27-10-4-7-22(27)24(30)29-12-11-28(17-8-9-17)20-5-2-3-6-21(20)29/h2-3,5-6,13-14,17,22H,4,7-12,15H2,1H3/t22-/m0/s1. The normalized spacial score (nSPS) is 21.3. The number of amides is 1. The van der Waals surface area contributed by atoms with Crippen LogP contribution in [0.3, 0.4) is 0 Å². The molecule has 0 spiro atoms. The van der Waals surface area contributed by atoms with Crippen molar-refractivity contribution < 1.29 is 9.53 Å². The zero-order valence-electron chi connectivity index (χ0n) is 17.7. The van der Waals surface area contributed by atoms with Gasteiger partial charge in [0.2, 0.25) is 5.91 Å². The lowest BCUT2D eigenvalue weighted by atomic mass is 10.1. The van der Waals surface area contributed by atoms with Crippen LogP contribution in [-0.2, 0) is 11.3 Å². The highest BCUT2D eigenvalue weighted by Gasteiger charge is 2.39. The summed E-state index contributed by atoms with van der Waals surface area (Å²) in [6.07, 6.45) is 4.38. The lowest BCUT2D eigenvalue weighted by Gasteiger charge is -2.40. The van der Waals surface area contributed by atoms with Crippen LogP contribution in [0.1, 0.15) is 31.2 Å². The minimum absolute atomic E-state index is 0.141. The summed E-state index contributed by atoms with van der Waals surface area (Å²) < 4.78 is 5.26. The van der Waals surface area contributed by atoms with Gasteiger partial charge < -0.3 is 14.5 Å². The number of anilines is 2. The Kier molecular flexibility index (Phi) is 5.76. The zero-order valence-corrected chi connectivity index (χ0v) is 19.2. The topological polar surface area (TPSA) is 36.0 Å². The van der Waals surface area contributed by atoms with Crippen molar-refractivity contribution >= 4 is 40.5 Å². The van der Waals surface area contributed by atoms with E-state index in [0.717, 1.165) is 43.7 Å². The summed E-state index contributed by atoms with van der Waals surface area (Å²) >= 11 is 12.8. The Morgan fingerprint density at radius 2 is 1.81 bits per heavy atom. The molecule has 1 aliphatic carbocycles. The largest absolute Gasteiger partial charge is 0.495 e. The molecule has 2 aliphatic heterocycles. The fraction of sp³-hybridized carbons (Fsp3) is 0.458. The third-order valence-electron chi connectivity index (χ3n) is 6.64. The molecule has 1 atom stereocenters. The number of rotatable bonds is 5. The molecule has 1 saturated heterocycles. The fourth-order valence-electron chi connectivity index (χ4n) is 4.92. The van der Waals surface area contributed by atoms with Gasteiger partial charge in [-0.1, -0.05) is 35.3 Å². The molecule has 0 aromatic heterocycles. The Balaban J connectivity index is 1.37. The number of benzene rings is 2. The second-order valence-corrected chi connectivity index (χ2v) is 9.42. The molecule has 3 aliphatic rings. The summed E-state index contributed by atoms with van der Waals surface area (Å²) in [5.74, 6) is 0.755. The van der Waals surface area contributed by atoms with Crippen LogP contribution in [0.5, 0.6) is 5.75 Å². The molecule has 0 unspecified atom stereocenters. The first-order chi connectivity index (χ1) is 15.1. The smallest absolute Gasteiger partial charge is 0.244 e. The number of likely N-dealkylation sites (tertiary alicyclic amines) is 1. The van der Waals surface area contributed by atoms with Crippen molar-refractivity contribution in [2.75, 3.05) is 36.5 Å². The first-order valence-electron chi connectivity index (χ1n) is 11.0. The molecule has 1 amide bonds. The Labute approximate surface area is 193 Å². The number of fused-ring (bicyclic) bond motifs is 1. The monoisotopic (exact) mass is 459 g/mol. The van der Waals surface area contributed by atoms with Crippen LogP contribution in [0.25, 0.3) is 0 Å². The van der Waals surface area contributed by atoms with Gasteiger partial charge in [0, 0.05) is 36.8 Å². The van der Waals surface area contributed by atoms with E-state index in [2.05, 4.69) is 28.0 Å². The number of hydrogen-bond donors (Lipinski definition) is 0. The highest BCUT2D eigenvalue weighted by atomic mass is 35.5. The fourth-order valence-corrected chi connectivity index (χ4v) is 5.40. The summed E-state index contributed by atoms with van der Waals surface area (Å²) in [6.45, 7) is 3.12. The van der Waals surface area contributed by atoms with E-state index in [0.29, 0.717) is 28.4 Å². The molecule has 31 heavy (non-hydrogen) atoms. The predicted molar refractivity (Wildman–Crippen MR) is 126 cm³/mol. The Morgan fingerprint density at radius 3 is 2.55 bits per heavy atom. The van der Waals surface area contributed by atoms with Gasteiger partial charge in [-0.25, -0.2) is 0 Å². The van der Waals surface area contributed by atoms with Crippen molar-refractivity contribution in [2.45, 2.75) is 44.3 Å². The number of nitrogens with zero attached hydrogens (tertiary/aromatic N) is 3. The molecule has 5 nitrogen and oxygen atoms in total. The van der Waals surface area contributed by atoms with E-state index in [1.807, 2.05) is 17.0 Å². The zero-order chi connectivity index (χ0) is 21.5. The maximum absolute atomic E-state index is 13.7. The molecule has 5 rings (SSSR count). The molecular weight excluding hydrogens is 433 g/mol. The molecule has 2 aromatic carbocycles. The Morgan fingerprint density at radius 1 is 1.03 bits per heavy atom. The number of methoxy groups -OCH3 is 1. The Hall–Kier alpha value is -1.95. The summed E-state index contributed by atoms with van der Waals surface area (Å²) in [5, 5.41) is 1.15. The maximum Gasteiger partial charge on any atom is 0.244 e. The summed E-state index contributed by atoms with van der Waals surface area (Å²) in [5.41, 5.74) is 3.16. The molecule has 0 radical (unpaired) electrons. The van der Waals surface area contributed by atoms with E-state index in [9.17, 15) is 4.79 Å². The molecule has 2 heterocycles. The van der Waals surface area contributed by atoms with Crippen LogP contribution >= 0.6 is 23.2 Å². The van der Waals surface area contributed by atoms with Gasteiger partial charge in [0.1, 0.15) is 5.75 Å². The van der Waals surface area contributed by atoms with Crippen LogP contribution < -0.4 is 14.5 Å². The molecule has 1 saturated carbocycles. The second-order valence-electron chi connectivity index (χ2n) is 8.61. The minimum atomic E-state index is -0.141. The van der Waals surface area contributed by atoms with Gasteiger partial charge in [0.15, 0.2) is 0 Å². The number of carbonyl (C=O) groups is 1. The van der Waals surface area contributed by atoms with E-state index in [4.69, 9.17) is 27.9 Å². The number of para-hydroxylation sites is 2. The molecule has 164 valence electrons. The lowest BCUT2D eigenvalue weighted by Crippen LogP contribution is -2.51. The summed E-state index contributed by atoms with van der Waals surface area (Å²) in [7, 11) is 1.58. The van der Waals surface area contributed by atoms with Gasteiger partial charge in [-0.2, -0.15) is 0 Å². The summed E-state index contributed by atoms with van der Waals surface area (Å²) in [6, 6.07) is 12.4. The molecule has 2 fully saturated rings. The molecule has 2 aromatic rings. The van der Waals surface area contributed by atoms with Crippen LogP contribution in [0.4, 0.5) is 11.4 Å². The van der Waals surface area contributed by atoms with Crippen LogP contribution in [0, 0.1) is 0 Å². The second kappa shape index (κ2) is 8.53. The highest BCUT2D eigenvalue weighted by molar-refractivity contribution is 6.34. The highest BCUT2D eigenvalue weighted by Crippen LogP contribution is 2.41. The van der Waals surface area contributed by atoms with E-state index in [-0.39, 0.29) is 11.9 Å². The van der Waals surface area contributed by atoms with Crippen molar-refractivity contribution in [3.8, 4) is 5.75 Å². The average molecular weight is 460 g/mol. The SMILES string of the molecule is COc1cc(Cl)c(CN2CCC[C@H]2C(=O)N2CCN(C3CC3)c3ccccc32)cc1Cl. The van der Waals surface area contributed by atoms with Crippen molar-refractivity contribution in [2.24, 2.45) is 0 Å². The van der Waals surface area contributed by atoms with Crippen LogP contribution in [-0.4, -0.2) is 49.6 Å². The van der Waals surface area contributed by atoms with E-state index in [1.54, 1.807) is 13.2 Å². The van der Waals surface area contributed by atoms with Crippen molar-refractivity contribution in [1.29, 1.82) is 0 Å². The first kappa shape index (κ1) is 20.9. The van der Waals surface area contributed by atoms with Gasteiger partial charge in [-0.3, -0.25) is 9.69 Å². The Bertz CT molecular complexity index is 995. The number of hydrogen-bond acceptors (Lipinski definition) is 4. The predicted octanol–water partition coefficient (Wildman–Crippen LogP) is 4.98. The van der Waals surface area contributed by atoms with Gasteiger partial charge in [-0.05, 0) is 56.0 Å². The van der Waals surface area contributed by atoms with E-state index in [1.165, 1.54) is 18.5 Å². The van der Waals surface area contributed by atoms with Crippen molar-refractivity contribution in [3.63, 3.8) is 0 Å². The molecule has 7 heteroatoms. The van der Waals surface area contributed by atoms with Crippen molar-refractivity contribution in [3.05, 3.63) is 52.0 Å². The minimum Gasteiger partial charge on any atom is -0.495 e. The van der Waals surface area contributed by atoms with Crippen LogP contribution in [0.2, 0.25) is 10.0 Å². The van der Waals surface area contributed by atoms with Gasteiger partial charge >= 0.3 is 0 Å². The van der Waals surface area contributed by atoms with Crippen LogP contribution in [0.15, 0.2) is 36.4 Å². The number of carbonyl (C=O) groups excluding carboxylic acids is 1. The summed E-state index contributed by atoms with van der Waals surface area (Å²) in [4.78, 5) is 20.4. The van der Waals surface area contributed by atoms with Gasteiger partial charge in [0.05, 0.1) is 29.5 Å². The quantitative estimate of drug-likeness (QED) is 0.631. The van der Waals surface area contributed by atoms with Crippen molar-refractivity contribution in [1.82, 2.24) is 4.90 Å². The maximum atomic E-state index is 13.7. The van der Waals surface area contributed by atoms with Gasteiger partial charge in [0.25, 0.3) is 0 Å². The third-order valence-corrected chi connectivity index (χ3v) is 7.29. The molecule has 0 N–H and O–H groups in total. The lowest BCUT2D eigenvalue weighted by molar-refractivity contribution is -0.123. The van der Waals surface area contributed by atoms with E-state index < -0.39 is 0 Å². The van der Waals surface area contributed by atoms with E-state index >= 15 is 0 Å². The average Bonchev–Trinajstić information content (AvgIpc) is 3.53. The number of ether oxygens (including phenoxy) is 1. The molecule has 0 bridgehead atoms. The number of halogens is 2. The molecular formula is C24H27Cl2N3O2. The third kappa shape index (κ3) is 3.99. The first-order valence-corrected chi connectivity index (χ1v) is 11.8.